The van der Waals surface area contributed by atoms with Crippen LogP contribution in [0, 0.1) is 0 Å². The van der Waals surface area contributed by atoms with Crippen LogP contribution in [0.5, 0.6) is 5.75 Å². The van der Waals surface area contributed by atoms with Gasteiger partial charge in [-0.1, -0.05) is 18.0 Å². The predicted octanol–water partition coefficient (Wildman–Crippen LogP) is 4.71. The minimum absolute atomic E-state index is 0.0669. The highest BCUT2D eigenvalue weighted by Gasteiger charge is 2.35. The maximum atomic E-state index is 13.2. The summed E-state index contributed by atoms with van der Waals surface area (Å²) in [7, 11) is 0. The van der Waals surface area contributed by atoms with Gasteiger partial charge in [0.2, 0.25) is 5.95 Å². The molecule has 3 aromatic rings. The third kappa shape index (κ3) is 5.80. The lowest BCUT2D eigenvalue weighted by Gasteiger charge is -2.41. The van der Waals surface area contributed by atoms with Gasteiger partial charge in [0.1, 0.15) is 11.6 Å². The van der Waals surface area contributed by atoms with E-state index in [4.69, 9.17) is 9.72 Å². The smallest absolute Gasteiger partial charge is 0.254 e. The highest BCUT2D eigenvalue weighted by Crippen LogP contribution is 2.31. The van der Waals surface area contributed by atoms with E-state index < -0.39 is 0 Å². The van der Waals surface area contributed by atoms with Crippen LogP contribution in [0.1, 0.15) is 48.3 Å². The van der Waals surface area contributed by atoms with Gasteiger partial charge in [-0.25, -0.2) is 15.0 Å². The predicted molar refractivity (Wildman–Crippen MR) is 147 cm³/mol. The fourth-order valence-electron chi connectivity index (χ4n) is 5.13. The first-order valence-corrected chi connectivity index (χ1v) is 13.9. The molecule has 0 aliphatic carbocycles. The van der Waals surface area contributed by atoms with Crippen molar-refractivity contribution in [1.29, 1.82) is 0 Å². The Kier molecular flexibility index (Phi) is 7.76. The molecule has 9 nitrogen and oxygen atoms in total. The zero-order chi connectivity index (χ0) is 25.8. The van der Waals surface area contributed by atoms with Gasteiger partial charge in [-0.3, -0.25) is 9.69 Å². The molecule has 2 aliphatic rings. The maximum absolute atomic E-state index is 13.2. The summed E-state index contributed by atoms with van der Waals surface area (Å²) >= 11 is 1.46. The highest BCUT2D eigenvalue weighted by atomic mass is 32.2. The first kappa shape index (κ1) is 25.3. The van der Waals surface area contributed by atoms with Gasteiger partial charge in [0.25, 0.3) is 5.91 Å². The van der Waals surface area contributed by atoms with E-state index in [9.17, 15) is 4.79 Å². The Balaban J connectivity index is 1.20. The second kappa shape index (κ2) is 11.4. The zero-order valence-corrected chi connectivity index (χ0v) is 22.3. The Hall–Kier alpha value is -3.37. The molecular formula is C27H33N7O2S. The van der Waals surface area contributed by atoms with Crippen LogP contribution in [-0.2, 0) is 13.1 Å². The summed E-state index contributed by atoms with van der Waals surface area (Å²) in [6.07, 6.45) is 7.43. The van der Waals surface area contributed by atoms with Crippen molar-refractivity contribution < 1.29 is 9.53 Å². The van der Waals surface area contributed by atoms with E-state index in [0.29, 0.717) is 30.0 Å². The Labute approximate surface area is 222 Å². The van der Waals surface area contributed by atoms with Gasteiger partial charge in [0.15, 0.2) is 0 Å². The molecule has 0 radical (unpaired) electrons. The average Bonchev–Trinajstić information content (AvgIpc) is 3.33. The molecule has 1 saturated heterocycles. The van der Waals surface area contributed by atoms with Gasteiger partial charge < -0.3 is 19.7 Å². The zero-order valence-electron chi connectivity index (χ0n) is 21.5. The number of nitrogens with one attached hydrogen (secondary N) is 2. The first-order chi connectivity index (χ1) is 18.0. The number of hydrogen-bond donors (Lipinski definition) is 2. The van der Waals surface area contributed by atoms with Gasteiger partial charge in [-0.15, -0.1) is 0 Å². The van der Waals surface area contributed by atoms with Crippen LogP contribution in [0.15, 0.2) is 48.8 Å². The Bertz CT molecular complexity index is 1260. The lowest BCUT2D eigenvalue weighted by molar-refractivity contribution is 0.0460. The number of nitrogens with zero attached hydrogens (tertiary/aromatic N) is 5. The topological polar surface area (TPSA) is 95.5 Å². The van der Waals surface area contributed by atoms with Crippen LogP contribution >= 0.6 is 11.9 Å². The summed E-state index contributed by atoms with van der Waals surface area (Å²) in [5.41, 5.74) is 3.81. The monoisotopic (exact) mass is 519 g/mol. The second-order valence-corrected chi connectivity index (χ2v) is 10.0. The summed E-state index contributed by atoms with van der Waals surface area (Å²) in [4.78, 5) is 31.3. The lowest BCUT2D eigenvalue weighted by atomic mass is 9.96. The van der Waals surface area contributed by atoms with Crippen molar-refractivity contribution >= 4 is 35.3 Å². The number of benzene rings is 1. The molecule has 194 valence electrons. The molecule has 1 amide bonds. The number of anilines is 3. The van der Waals surface area contributed by atoms with Crippen molar-refractivity contribution in [2.24, 2.45) is 0 Å². The maximum Gasteiger partial charge on any atom is 0.254 e. The third-order valence-corrected chi connectivity index (χ3v) is 7.33. The van der Waals surface area contributed by atoms with Crippen LogP contribution in [0.3, 0.4) is 0 Å². The minimum atomic E-state index is 0.0669. The van der Waals surface area contributed by atoms with Crippen molar-refractivity contribution in [2.75, 3.05) is 29.4 Å². The molecule has 4 heterocycles. The summed E-state index contributed by atoms with van der Waals surface area (Å²) in [5, 5.41) is 3.30. The van der Waals surface area contributed by atoms with Crippen molar-refractivity contribution in [3.8, 4) is 5.75 Å². The molecule has 0 bridgehead atoms. The standard InChI is InChI=1S/C27H33N7O2S/c1-4-36-23-7-5-6-21(14-23)30-27-29-15-20-16-33(17-24(20)31-27)22-9-11-34(18(2)12-22)26(35)19-8-10-28-25(13-19)32-37-3/h5-8,10,13-15,18,22H,4,9,11-12,16-17H2,1-3H3,(H,28,32)(H,29,30,31)/t18-,22+/m1/s1. The number of carbonyl (C=O) groups excluding carboxylic acids is 1. The number of fused-ring (bicyclic) bond motifs is 1. The fraction of sp³-hybridized carbons (Fsp3) is 0.407. The largest absolute Gasteiger partial charge is 0.494 e. The van der Waals surface area contributed by atoms with Gasteiger partial charge >= 0.3 is 0 Å². The summed E-state index contributed by atoms with van der Waals surface area (Å²) < 4.78 is 8.69. The number of carbonyl (C=O) groups is 1. The van der Waals surface area contributed by atoms with Gasteiger partial charge in [0, 0.05) is 73.2 Å². The van der Waals surface area contributed by atoms with E-state index in [0.717, 1.165) is 49.6 Å². The van der Waals surface area contributed by atoms with Crippen molar-refractivity contribution in [2.45, 2.75) is 51.9 Å². The molecular weight excluding hydrogens is 486 g/mol. The van der Waals surface area contributed by atoms with E-state index in [-0.39, 0.29) is 11.9 Å². The molecule has 0 unspecified atom stereocenters. The highest BCUT2D eigenvalue weighted by molar-refractivity contribution is 7.99. The van der Waals surface area contributed by atoms with Crippen molar-refractivity contribution in [3.05, 3.63) is 65.6 Å². The minimum Gasteiger partial charge on any atom is -0.494 e. The molecule has 10 heteroatoms. The Morgan fingerprint density at radius 1 is 1.22 bits per heavy atom. The van der Waals surface area contributed by atoms with Crippen LogP contribution in [0.2, 0.25) is 0 Å². The summed E-state index contributed by atoms with van der Waals surface area (Å²) in [6, 6.07) is 12.0. The van der Waals surface area contributed by atoms with Crippen LogP contribution in [-0.4, -0.2) is 62.2 Å². The molecule has 2 atom stereocenters. The molecule has 1 fully saturated rings. The van der Waals surface area contributed by atoms with Gasteiger partial charge in [-0.05, 0) is 51.0 Å². The number of hydrogen-bond acceptors (Lipinski definition) is 9. The molecule has 0 spiro atoms. The summed E-state index contributed by atoms with van der Waals surface area (Å²) in [6.45, 7) is 7.12. The molecule has 2 aliphatic heterocycles. The Morgan fingerprint density at radius 3 is 2.92 bits per heavy atom. The van der Waals surface area contributed by atoms with Crippen LogP contribution < -0.4 is 14.8 Å². The van der Waals surface area contributed by atoms with Crippen LogP contribution in [0.4, 0.5) is 17.5 Å². The van der Waals surface area contributed by atoms with Gasteiger partial charge in [0.05, 0.1) is 12.3 Å². The number of piperidine rings is 1. The van der Waals surface area contributed by atoms with Crippen molar-refractivity contribution in [1.82, 2.24) is 24.8 Å². The SMILES string of the molecule is CCOc1cccc(Nc2ncc3c(n2)CN([C@H]2CCN(C(=O)c4ccnc(NSC)c4)[C@H](C)C2)C3)c1. The quantitative estimate of drug-likeness (QED) is 0.410. The molecule has 0 saturated carbocycles. The van der Waals surface area contributed by atoms with E-state index >= 15 is 0 Å². The lowest BCUT2D eigenvalue weighted by Crippen LogP contribution is -2.50. The molecule has 2 N–H and O–H groups in total. The van der Waals surface area contributed by atoms with E-state index in [1.165, 1.54) is 17.5 Å². The van der Waals surface area contributed by atoms with E-state index in [1.54, 1.807) is 12.3 Å². The number of ether oxygens (including phenoxy) is 1. The molecule has 37 heavy (non-hydrogen) atoms. The normalized spacial score (nSPS) is 19.4. The second-order valence-electron chi connectivity index (χ2n) is 9.42. The Morgan fingerprint density at radius 2 is 2.11 bits per heavy atom. The molecule has 2 aromatic heterocycles. The van der Waals surface area contributed by atoms with Gasteiger partial charge in [-0.2, -0.15) is 0 Å². The molecule has 5 rings (SSSR count). The van der Waals surface area contributed by atoms with Crippen molar-refractivity contribution in [3.63, 3.8) is 0 Å². The number of pyridine rings is 1. The van der Waals surface area contributed by atoms with E-state index in [1.807, 2.05) is 54.6 Å². The van der Waals surface area contributed by atoms with E-state index in [2.05, 4.69) is 31.8 Å². The average molecular weight is 520 g/mol. The number of amides is 1. The van der Waals surface area contributed by atoms with Crippen LogP contribution in [0.25, 0.3) is 0 Å². The fourth-order valence-corrected chi connectivity index (χ4v) is 5.45. The third-order valence-electron chi connectivity index (χ3n) is 6.92. The number of rotatable bonds is 8. The summed E-state index contributed by atoms with van der Waals surface area (Å²) in [5.74, 6) is 2.18. The molecule has 1 aromatic carbocycles. The first-order valence-electron chi connectivity index (χ1n) is 12.7. The number of aromatic nitrogens is 3. The number of likely N-dealkylation sites (tertiary alicyclic amines) is 1.